The largest absolute Gasteiger partial charge is 0.0622 e. The van der Waals surface area contributed by atoms with Crippen LogP contribution in [0.4, 0.5) is 0 Å². The third kappa shape index (κ3) is 4.87. The molecule has 0 radical (unpaired) electrons. The average molecular weight is 609 g/mol. The van der Waals surface area contributed by atoms with Gasteiger partial charge in [-0.05, 0) is 106 Å². The molecule has 0 saturated heterocycles. The molecule has 0 bridgehead atoms. The van der Waals surface area contributed by atoms with E-state index in [9.17, 15) is 0 Å². The van der Waals surface area contributed by atoms with Gasteiger partial charge in [0.1, 0.15) is 0 Å². The van der Waals surface area contributed by atoms with Gasteiger partial charge in [0.2, 0.25) is 0 Å². The van der Waals surface area contributed by atoms with E-state index in [4.69, 9.17) is 0 Å². The van der Waals surface area contributed by atoms with Crippen molar-refractivity contribution in [2.45, 2.75) is 0 Å². The lowest BCUT2D eigenvalue weighted by Gasteiger charge is -2.19. The minimum Gasteiger partial charge on any atom is -0.0622 e. The molecule has 0 aliphatic rings. The molecule has 0 atom stereocenters. The molecule has 0 aromatic heterocycles. The van der Waals surface area contributed by atoms with E-state index >= 15 is 0 Å². The van der Waals surface area contributed by atoms with E-state index in [0.29, 0.717) is 0 Å². The van der Waals surface area contributed by atoms with Crippen LogP contribution >= 0.6 is 0 Å². The summed E-state index contributed by atoms with van der Waals surface area (Å²) in [6.45, 7) is 0. The number of fused-ring (bicyclic) bond motifs is 3. The second-order valence-electron chi connectivity index (χ2n) is 12.5. The monoisotopic (exact) mass is 608 g/mol. The molecule has 9 aromatic rings. The zero-order valence-electron chi connectivity index (χ0n) is 26.5. The van der Waals surface area contributed by atoms with Crippen molar-refractivity contribution in [1.82, 2.24) is 0 Å². The van der Waals surface area contributed by atoms with Crippen LogP contribution in [0.15, 0.2) is 194 Å². The molecular formula is C48H32. The molecule has 9 aromatic carbocycles. The highest BCUT2D eigenvalue weighted by Gasteiger charge is 2.17. The quantitative estimate of drug-likeness (QED) is 0.171. The minimum absolute atomic E-state index is 1.21. The van der Waals surface area contributed by atoms with Crippen molar-refractivity contribution in [2.75, 3.05) is 0 Å². The normalized spacial score (nSPS) is 11.3. The number of benzene rings is 9. The summed E-state index contributed by atoms with van der Waals surface area (Å²) in [6, 6.07) is 70.7. The van der Waals surface area contributed by atoms with Gasteiger partial charge >= 0.3 is 0 Å². The number of rotatable bonds is 5. The van der Waals surface area contributed by atoms with Gasteiger partial charge in [0, 0.05) is 0 Å². The van der Waals surface area contributed by atoms with Crippen molar-refractivity contribution < 1.29 is 0 Å². The molecule has 9 rings (SSSR count). The standard InChI is InChI=1S/C48H32/c1-4-14-33(15-5-1)34-24-26-35(27-25-34)40-30-38-28-29-39(31-46(38)45(32-40)36-16-6-2-7-17-36)48-43-22-12-10-20-41(43)47(37-18-8-3-9-19-37)42-21-11-13-23-44(42)48/h1-32H. The molecule has 0 saturated carbocycles. The Kier molecular flexibility index (Phi) is 6.91. The highest BCUT2D eigenvalue weighted by Crippen LogP contribution is 2.45. The predicted molar refractivity (Wildman–Crippen MR) is 206 cm³/mol. The maximum Gasteiger partial charge on any atom is -0.00261 e. The van der Waals surface area contributed by atoms with Gasteiger partial charge in [0.05, 0.1) is 0 Å². The smallest absolute Gasteiger partial charge is 0.00261 e. The lowest BCUT2D eigenvalue weighted by atomic mass is 9.85. The molecular weight excluding hydrogens is 577 g/mol. The predicted octanol–water partition coefficient (Wildman–Crippen LogP) is 13.5. The van der Waals surface area contributed by atoms with Crippen LogP contribution in [0.5, 0.6) is 0 Å². The van der Waals surface area contributed by atoms with Gasteiger partial charge in [0.25, 0.3) is 0 Å². The molecule has 0 heteroatoms. The van der Waals surface area contributed by atoms with Crippen LogP contribution in [0.1, 0.15) is 0 Å². The van der Waals surface area contributed by atoms with E-state index in [1.807, 2.05) is 0 Å². The van der Waals surface area contributed by atoms with Gasteiger partial charge in [-0.2, -0.15) is 0 Å². The van der Waals surface area contributed by atoms with Crippen molar-refractivity contribution in [2.24, 2.45) is 0 Å². The Balaban J connectivity index is 1.26. The first-order valence-electron chi connectivity index (χ1n) is 16.6. The topological polar surface area (TPSA) is 0 Å². The lowest BCUT2D eigenvalue weighted by Crippen LogP contribution is -1.91. The van der Waals surface area contributed by atoms with Crippen molar-refractivity contribution in [3.8, 4) is 55.6 Å². The third-order valence-corrected chi connectivity index (χ3v) is 9.65. The summed E-state index contributed by atoms with van der Waals surface area (Å²) in [5.74, 6) is 0. The van der Waals surface area contributed by atoms with Gasteiger partial charge in [0.15, 0.2) is 0 Å². The minimum atomic E-state index is 1.21. The van der Waals surface area contributed by atoms with Gasteiger partial charge in [-0.25, -0.2) is 0 Å². The van der Waals surface area contributed by atoms with Crippen molar-refractivity contribution in [3.05, 3.63) is 194 Å². The third-order valence-electron chi connectivity index (χ3n) is 9.65. The first kappa shape index (κ1) is 28.0. The Morgan fingerprint density at radius 3 is 1.15 bits per heavy atom. The molecule has 0 unspecified atom stereocenters. The molecule has 0 spiro atoms. The summed E-state index contributed by atoms with van der Waals surface area (Å²) < 4.78 is 0. The zero-order chi connectivity index (χ0) is 31.9. The highest BCUT2D eigenvalue weighted by atomic mass is 14.2. The average Bonchev–Trinajstić information content (AvgIpc) is 3.17. The van der Waals surface area contributed by atoms with Crippen LogP contribution in [0.3, 0.4) is 0 Å². The Hall–Kier alpha value is -6.24. The molecule has 0 aliphatic carbocycles. The van der Waals surface area contributed by atoms with Crippen molar-refractivity contribution in [3.63, 3.8) is 0 Å². The van der Waals surface area contributed by atoms with Crippen LogP contribution in [0.2, 0.25) is 0 Å². The van der Waals surface area contributed by atoms with E-state index in [-0.39, 0.29) is 0 Å². The maximum atomic E-state index is 2.41. The van der Waals surface area contributed by atoms with Gasteiger partial charge < -0.3 is 0 Å². The number of hydrogen-bond acceptors (Lipinski definition) is 0. The molecule has 0 fully saturated rings. The second kappa shape index (κ2) is 11.8. The fourth-order valence-electron chi connectivity index (χ4n) is 7.38. The van der Waals surface area contributed by atoms with Crippen molar-refractivity contribution >= 4 is 32.3 Å². The number of hydrogen-bond donors (Lipinski definition) is 0. The first-order chi connectivity index (χ1) is 23.8. The van der Waals surface area contributed by atoms with E-state index in [1.165, 1.54) is 88.0 Å². The van der Waals surface area contributed by atoms with Crippen LogP contribution in [-0.4, -0.2) is 0 Å². The summed E-state index contributed by atoms with van der Waals surface area (Å²) in [7, 11) is 0. The van der Waals surface area contributed by atoms with E-state index < -0.39 is 0 Å². The summed E-state index contributed by atoms with van der Waals surface area (Å²) in [4.78, 5) is 0. The Morgan fingerprint density at radius 1 is 0.208 bits per heavy atom. The van der Waals surface area contributed by atoms with E-state index in [1.54, 1.807) is 0 Å². The van der Waals surface area contributed by atoms with Crippen molar-refractivity contribution in [1.29, 1.82) is 0 Å². The first-order valence-corrected chi connectivity index (χ1v) is 16.6. The molecule has 0 amide bonds. The zero-order valence-corrected chi connectivity index (χ0v) is 26.5. The van der Waals surface area contributed by atoms with Crippen LogP contribution in [0, 0.1) is 0 Å². The molecule has 0 heterocycles. The molecule has 0 aliphatic heterocycles. The van der Waals surface area contributed by atoms with E-state index in [0.717, 1.165) is 0 Å². The van der Waals surface area contributed by atoms with Gasteiger partial charge in [-0.15, -0.1) is 0 Å². The SMILES string of the molecule is c1ccc(-c2ccc(-c3cc(-c4ccccc4)c4cc(-c5c6ccccc6c(-c6ccccc6)c6ccccc56)ccc4c3)cc2)cc1. The Bertz CT molecular complexity index is 2510. The lowest BCUT2D eigenvalue weighted by molar-refractivity contribution is 1.59. The molecule has 48 heavy (non-hydrogen) atoms. The summed E-state index contributed by atoms with van der Waals surface area (Å²) >= 11 is 0. The van der Waals surface area contributed by atoms with E-state index in [2.05, 4.69) is 194 Å². The molecule has 0 N–H and O–H groups in total. The Morgan fingerprint density at radius 2 is 0.604 bits per heavy atom. The molecule has 224 valence electrons. The summed E-state index contributed by atoms with van der Waals surface area (Å²) in [5, 5.41) is 7.57. The fraction of sp³-hybridized carbons (Fsp3) is 0. The highest BCUT2D eigenvalue weighted by molar-refractivity contribution is 6.22. The molecule has 0 nitrogen and oxygen atoms in total. The second-order valence-corrected chi connectivity index (χ2v) is 12.5. The maximum absolute atomic E-state index is 2.41. The fourth-order valence-corrected chi connectivity index (χ4v) is 7.38. The van der Waals surface area contributed by atoms with Gasteiger partial charge in [-0.1, -0.05) is 176 Å². The summed E-state index contributed by atoms with van der Waals surface area (Å²) in [5.41, 5.74) is 12.4. The van der Waals surface area contributed by atoms with Crippen LogP contribution in [-0.2, 0) is 0 Å². The Labute approximate surface area is 281 Å². The summed E-state index contributed by atoms with van der Waals surface area (Å²) in [6.07, 6.45) is 0. The van der Waals surface area contributed by atoms with Crippen LogP contribution in [0.25, 0.3) is 88.0 Å². The van der Waals surface area contributed by atoms with Gasteiger partial charge in [-0.3, -0.25) is 0 Å². The van der Waals surface area contributed by atoms with Crippen LogP contribution < -0.4 is 0 Å².